The number of nitrogens with zero attached hydrogens (tertiary/aromatic N) is 1. The highest BCUT2D eigenvalue weighted by atomic mass is 16.5. The number of likely N-dealkylation sites (N-methyl/N-ethyl adjacent to an activating group) is 1. The fraction of sp³-hybridized carbons (Fsp3) is 1.00. The van der Waals surface area contributed by atoms with Crippen LogP contribution in [0, 0.1) is 11.3 Å². The molecule has 1 aliphatic rings. The number of nitrogens with one attached hydrogen (secondary N) is 1. The third-order valence-corrected chi connectivity index (χ3v) is 4.82. The normalized spacial score (nSPS) is 28.6. The summed E-state index contributed by atoms with van der Waals surface area (Å²) in [5, 5.41) is 3.74. The van der Waals surface area contributed by atoms with Crippen LogP contribution in [0.5, 0.6) is 0 Å². The topological polar surface area (TPSA) is 24.5 Å². The summed E-state index contributed by atoms with van der Waals surface area (Å²) in [6.45, 7) is 12.4. The third kappa shape index (κ3) is 4.73. The molecule has 1 N–H and O–H groups in total. The number of hydrogen-bond donors (Lipinski definition) is 1. The molecule has 19 heavy (non-hydrogen) atoms. The van der Waals surface area contributed by atoms with Gasteiger partial charge >= 0.3 is 0 Å². The summed E-state index contributed by atoms with van der Waals surface area (Å²) in [4.78, 5) is 2.46. The molecule has 0 saturated heterocycles. The number of rotatable bonds is 7. The maximum Gasteiger partial charge on any atom is 0.0615 e. The van der Waals surface area contributed by atoms with E-state index in [9.17, 15) is 0 Å². The lowest BCUT2D eigenvalue weighted by Gasteiger charge is -2.46. The Labute approximate surface area is 120 Å². The van der Waals surface area contributed by atoms with E-state index in [2.05, 4.69) is 45.0 Å². The van der Waals surface area contributed by atoms with Crippen molar-refractivity contribution in [1.29, 1.82) is 0 Å². The van der Waals surface area contributed by atoms with Gasteiger partial charge in [-0.2, -0.15) is 0 Å². The van der Waals surface area contributed by atoms with Crippen molar-refractivity contribution in [2.24, 2.45) is 11.3 Å². The molecule has 1 fully saturated rings. The predicted octanol–water partition coefficient (Wildman–Crippen LogP) is 2.76. The minimum absolute atomic E-state index is 0.421. The molecule has 0 spiro atoms. The van der Waals surface area contributed by atoms with Crippen molar-refractivity contribution in [1.82, 2.24) is 10.2 Å². The first-order valence-electron chi connectivity index (χ1n) is 7.85. The van der Waals surface area contributed by atoms with Crippen molar-refractivity contribution < 1.29 is 4.74 Å². The average molecular weight is 270 g/mol. The summed E-state index contributed by atoms with van der Waals surface area (Å²) in [7, 11) is 4.02. The van der Waals surface area contributed by atoms with Gasteiger partial charge in [0.15, 0.2) is 0 Å². The summed E-state index contributed by atoms with van der Waals surface area (Å²) in [6.07, 6.45) is 4.07. The van der Waals surface area contributed by atoms with Crippen LogP contribution in [0.4, 0.5) is 0 Å². The molecule has 0 aliphatic heterocycles. The number of ether oxygens (including phenoxy) is 1. The van der Waals surface area contributed by atoms with Crippen LogP contribution in [0.2, 0.25) is 0 Å². The second-order valence-corrected chi connectivity index (χ2v) is 6.92. The van der Waals surface area contributed by atoms with Gasteiger partial charge in [-0.3, -0.25) is 0 Å². The van der Waals surface area contributed by atoms with Crippen LogP contribution in [0.25, 0.3) is 0 Å². The van der Waals surface area contributed by atoms with E-state index in [4.69, 9.17) is 4.74 Å². The Morgan fingerprint density at radius 2 is 2.11 bits per heavy atom. The average Bonchev–Trinajstić information content (AvgIpc) is 2.33. The van der Waals surface area contributed by atoms with E-state index in [0.717, 1.165) is 19.1 Å². The van der Waals surface area contributed by atoms with Gasteiger partial charge in [0.05, 0.1) is 6.61 Å². The van der Waals surface area contributed by atoms with Gasteiger partial charge in [0.25, 0.3) is 0 Å². The van der Waals surface area contributed by atoms with E-state index in [0.29, 0.717) is 17.5 Å². The highest BCUT2D eigenvalue weighted by molar-refractivity contribution is 4.94. The highest BCUT2D eigenvalue weighted by Gasteiger charge is 2.38. The van der Waals surface area contributed by atoms with Crippen LogP contribution in [0.1, 0.15) is 47.0 Å². The van der Waals surface area contributed by atoms with E-state index >= 15 is 0 Å². The van der Waals surface area contributed by atoms with Crippen LogP contribution >= 0.6 is 0 Å². The molecule has 0 aromatic carbocycles. The first-order chi connectivity index (χ1) is 8.92. The lowest BCUT2D eigenvalue weighted by Crippen LogP contribution is -2.53. The monoisotopic (exact) mass is 270 g/mol. The fourth-order valence-corrected chi connectivity index (χ4v) is 3.56. The summed E-state index contributed by atoms with van der Waals surface area (Å²) >= 11 is 0. The second-order valence-electron chi connectivity index (χ2n) is 6.92. The summed E-state index contributed by atoms with van der Waals surface area (Å²) < 4.78 is 5.27. The van der Waals surface area contributed by atoms with Crippen LogP contribution < -0.4 is 5.32 Å². The van der Waals surface area contributed by atoms with Gasteiger partial charge in [0.2, 0.25) is 0 Å². The number of hydrogen-bond acceptors (Lipinski definition) is 3. The molecule has 3 atom stereocenters. The Balaban J connectivity index is 2.63. The minimum atomic E-state index is 0.421. The predicted molar refractivity (Wildman–Crippen MR) is 82.6 cm³/mol. The Morgan fingerprint density at radius 3 is 2.68 bits per heavy atom. The molecule has 1 saturated carbocycles. The van der Waals surface area contributed by atoms with Gasteiger partial charge in [0.1, 0.15) is 0 Å². The van der Waals surface area contributed by atoms with E-state index in [1.165, 1.54) is 25.8 Å². The third-order valence-electron chi connectivity index (χ3n) is 4.82. The first kappa shape index (κ1) is 16.9. The SMILES string of the molecule is CCNC1C(CN(C)C(C)COC)CCCC1(C)C. The van der Waals surface area contributed by atoms with Gasteiger partial charge in [-0.25, -0.2) is 0 Å². The highest BCUT2D eigenvalue weighted by Crippen LogP contribution is 2.39. The van der Waals surface area contributed by atoms with Gasteiger partial charge in [-0.05, 0) is 44.7 Å². The lowest BCUT2D eigenvalue weighted by atomic mass is 9.67. The standard InChI is InChI=1S/C16H34N2O/c1-7-17-15-14(9-8-10-16(15,3)4)11-18(5)13(2)12-19-6/h13-15,17H,7-12H2,1-6H3. The van der Waals surface area contributed by atoms with Crippen molar-refractivity contribution in [2.45, 2.75) is 59.0 Å². The maximum atomic E-state index is 5.27. The summed E-state index contributed by atoms with van der Waals surface area (Å²) in [6, 6.07) is 1.14. The van der Waals surface area contributed by atoms with Crippen LogP contribution in [0.3, 0.4) is 0 Å². The zero-order chi connectivity index (χ0) is 14.5. The molecule has 1 rings (SSSR count). The molecule has 0 aromatic rings. The van der Waals surface area contributed by atoms with Crippen LogP contribution in [-0.4, -0.2) is 50.8 Å². The van der Waals surface area contributed by atoms with E-state index in [1.807, 2.05) is 0 Å². The molecule has 0 heterocycles. The second kappa shape index (κ2) is 7.61. The largest absolute Gasteiger partial charge is 0.383 e. The molecule has 0 bridgehead atoms. The zero-order valence-corrected chi connectivity index (χ0v) is 13.8. The Morgan fingerprint density at radius 1 is 1.42 bits per heavy atom. The van der Waals surface area contributed by atoms with Crippen molar-refractivity contribution in [3.63, 3.8) is 0 Å². The molecule has 1 aliphatic carbocycles. The quantitative estimate of drug-likeness (QED) is 0.770. The van der Waals surface area contributed by atoms with Gasteiger partial charge in [0, 0.05) is 25.7 Å². The summed E-state index contributed by atoms with van der Waals surface area (Å²) in [5.74, 6) is 0.757. The fourth-order valence-electron chi connectivity index (χ4n) is 3.56. The molecule has 3 unspecified atom stereocenters. The smallest absolute Gasteiger partial charge is 0.0615 e. The maximum absolute atomic E-state index is 5.27. The van der Waals surface area contributed by atoms with Gasteiger partial charge in [-0.1, -0.05) is 27.2 Å². The van der Waals surface area contributed by atoms with Crippen molar-refractivity contribution in [3.8, 4) is 0 Å². The molecule has 3 nitrogen and oxygen atoms in total. The van der Waals surface area contributed by atoms with Crippen LogP contribution in [-0.2, 0) is 4.74 Å². The lowest BCUT2D eigenvalue weighted by molar-refractivity contribution is 0.0579. The molecular formula is C16H34N2O. The molecule has 3 heteroatoms. The van der Waals surface area contributed by atoms with Gasteiger partial charge in [-0.15, -0.1) is 0 Å². The molecule has 114 valence electrons. The van der Waals surface area contributed by atoms with E-state index in [-0.39, 0.29) is 0 Å². The van der Waals surface area contributed by atoms with E-state index < -0.39 is 0 Å². The summed E-state index contributed by atoms with van der Waals surface area (Å²) in [5.41, 5.74) is 0.421. The van der Waals surface area contributed by atoms with Gasteiger partial charge < -0.3 is 15.0 Å². The van der Waals surface area contributed by atoms with E-state index in [1.54, 1.807) is 7.11 Å². The Kier molecular flexibility index (Phi) is 6.78. The molecular weight excluding hydrogens is 236 g/mol. The van der Waals surface area contributed by atoms with Crippen molar-refractivity contribution in [2.75, 3.05) is 33.9 Å². The van der Waals surface area contributed by atoms with Crippen molar-refractivity contribution >= 4 is 0 Å². The van der Waals surface area contributed by atoms with Crippen molar-refractivity contribution in [3.05, 3.63) is 0 Å². The molecule has 0 radical (unpaired) electrons. The minimum Gasteiger partial charge on any atom is -0.383 e. The molecule has 0 amide bonds. The molecule has 0 aromatic heterocycles. The first-order valence-corrected chi connectivity index (χ1v) is 7.85. The Hall–Kier alpha value is -0.120. The van der Waals surface area contributed by atoms with Crippen LogP contribution in [0.15, 0.2) is 0 Å². The number of methoxy groups -OCH3 is 1. The Bertz CT molecular complexity index is 255. The zero-order valence-electron chi connectivity index (χ0n) is 13.8.